The van der Waals surface area contributed by atoms with Gasteiger partial charge >= 0.3 is 0 Å². The Hall–Kier alpha value is -1.85. The normalized spacial score (nSPS) is 15.7. The average Bonchev–Trinajstić information content (AvgIpc) is 3.02. The molecule has 124 valence electrons. The zero-order valence-electron chi connectivity index (χ0n) is 13.5. The highest BCUT2D eigenvalue weighted by Crippen LogP contribution is 2.18. The molecule has 0 aliphatic carbocycles. The summed E-state index contributed by atoms with van der Waals surface area (Å²) in [4.78, 5) is 9.94. The van der Waals surface area contributed by atoms with Gasteiger partial charge in [-0.15, -0.1) is 0 Å². The molecule has 1 aromatic heterocycles. The van der Waals surface area contributed by atoms with Gasteiger partial charge in [-0.2, -0.15) is 0 Å². The lowest BCUT2D eigenvalue weighted by Gasteiger charge is -2.26. The van der Waals surface area contributed by atoms with E-state index in [2.05, 4.69) is 27.0 Å². The first-order valence-corrected chi connectivity index (χ1v) is 8.41. The summed E-state index contributed by atoms with van der Waals surface area (Å²) in [7, 11) is 0. The number of nitrogens with zero attached hydrogens (tertiary/aromatic N) is 2. The zero-order valence-corrected chi connectivity index (χ0v) is 13.5. The van der Waals surface area contributed by atoms with Gasteiger partial charge in [0.25, 0.3) is 0 Å². The number of rotatable bonds is 7. The first-order chi connectivity index (χ1) is 11.3. The summed E-state index contributed by atoms with van der Waals surface area (Å²) >= 11 is 0. The minimum atomic E-state index is 0.126. The number of imidazole rings is 1. The first-order valence-electron chi connectivity index (χ1n) is 8.41. The number of nitrogens with one attached hydrogen (secondary N) is 1. The molecule has 1 fully saturated rings. The number of aliphatic hydroxyl groups is 1. The molecule has 2 heterocycles. The summed E-state index contributed by atoms with van der Waals surface area (Å²) in [6, 6.07) is 8.31. The van der Waals surface area contributed by atoms with Gasteiger partial charge < -0.3 is 14.8 Å². The molecule has 1 aliphatic rings. The number of aromatic amines is 1. The second kappa shape index (κ2) is 8.13. The zero-order chi connectivity index (χ0) is 15.9. The molecule has 3 rings (SSSR count). The van der Waals surface area contributed by atoms with Crippen LogP contribution in [0.15, 0.2) is 30.5 Å². The molecule has 1 saturated heterocycles. The fraction of sp³-hybridized carbons (Fsp3) is 0.500. The Bertz CT molecular complexity index is 606. The van der Waals surface area contributed by atoms with Crippen molar-refractivity contribution in [3.8, 4) is 5.75 Å². The van der Waals surface area contributed by atoms with E-state index < -0.39 is 0 Å². The van der Waals surface area contributed by atoms with E-state index in [1.165, 1.54) is 37.9 Å². The number of aromatic nitrogens is 2. The van der Waals surface area contributed by atoms with Crippen LogP contribution in [0.5, 0.6) is 5.75 Å². The van der Waals surface area contributed by atoms with E-state index in [1.54, 1.807) is 6.20 Å². The fourth-order valence-corrected chi connectivity index (χ4v) is 2.99. The third-order valence-corrected chi connectivity index (χ3v) is 4.19. The summed E-state index contributed by atoms with van der Waals surface area (Å²) in [6.45, 7) is 3.94. The van der Waals surface area contributed by atoms with Gasteiger partial charge in [0.1, 0.15) is 18.2 Å². The Morgan fingerprint density at radius 2 is 2.09 bits per heavy atom. The van der Waals surface area contributed by atoms with Crippen LogP contribution in [0, 0.1) is 0 Å². The van der Waals surface area contributed by atoms with Crippen molar-refractivity contribution < 1.29 is 9.84 Å². The van der Waals surface area contributed by atoms with Crippen molar-refractivity contribution in [3.05, 3.63) is 47.5 Å². The topological polar surface area (TPSA) is 61.4 Å². The summed E-state index contributed by atoms with van der Waals surface area (Å²) in [5.74, 6) is 1.66. The van der Waals surface area contributed by atoms with Gasteiger partial charge in [0.05, 0.1) is 0 Å². The van der Waals surface area contributed by atoms with Crippen molar-refractivity contribution in [2.24, 2.45) is 0 Å². The van der Waals surface area contributed by atoms with E-state index in [0.717, 1.165) is 23.8 Å². The number of hydrogen-bond donors (Lipinski definition) is 2. The first kappa shape index (κ1) is 16.0. The molecule has 0 atom stereocenters. The summed E-state index contributed by atoms with van der Waals surface area (Å²) in [5, 5.41) is 8.92. The van der Waals surface area contributed by atoms with Crippen molar-refractivity contribution >= 4 is 0 Å². The predicted octanol–water partition coefficient (Wildman–Crippen LogP) is 2.51. The highest BCUT2D eigenvalue weighted by atomic mass is 16.5. The van der Waals surface area contributed by atoms with Crippen LogP contribution in [0.3, 0.4) is 0 Å². The van der Waals surface area contributed by atoms with E-state index in [9.17, 15) is 0 Å². The smallest absolute Gasteiger partial charge is 0.146 e. The van der Waals surface area contributed by atoms with E-state index in [-0.39, 0.29) is 6.61 Å². The Morgan fingerprint density at radius 1 is 1.22 bits per heavy atom. The molecule has 0 amide bonds. The average molecular weight is 315 g/mol. The molecule has 2 N–H and O–H groups in total. The molecular weight excluding hydrogens is 290 g/mol. The standard InChI is InChI=1S/C18H25N3O2/c22-10-7-16-12-19-18(20-16)14-23-17-6-4-5-15(11-17)13-21-8-2-1-3-9-21/h4-6,11-12,22H,1-3,7-10,13-14H2,(H,19,20). The Kier molecular flexibility index (Phi) is 5.66. The maximum Gasteiger partial charge on any atom is 0.146 e. The van der Waals surface area contributed by atoms with Crippen LogP contribution in [-0.4, -0.2) is 39.7 Å². The maximum absolute atomic E-state index is 8.92. The van der Waals surface area contributed by atoms with Crippen LogP contribution >= 0.6 is 0 Å². The lowest BCUT2D eigenvalue weighted by Crippen LogP contribution is -2.29. The number of piperidine rings is 1. The fourth-order valence-electron chi connectivity index (χ4n) is 2.99. The van der Waals surface area contributed by atoms with Crippen LogP contribution in [0.4, 0.5) is 0 Å². The number of aliphatic hydroxyl groups excluding tert-OH is 1. The molecular formula is C18H25N3O2. The second-order valence-electron chi connectivity index (χ2n) is 6.10. The van der Waals surface area contributed by atoms with Gasteiger partial charge in [-0.3, -0.25) is 4.90 Å². The van der Waals surface area contributed by atoms with Gasteiger partial charge in [0, 0.05) is 31.5 Å². The van der Waals surface area contributed by atoms with Gasteiger partial charge in [0.2, 0.25) is 0 Å². The van der Waals surface area contributed by atoms with E-state index in [0.29, 0.717) is 13.0 Å². The van der Waals surface area contributed by atoms with Gasteiger partial charge in [0.15, 0.2) is 0 Å². The number of likely N-dealkylation sites (tertiary alicyclic amines) is 1. The molecule has 0 radical (unpaired) electrons. The van der Waals surface area contributed by atoms with Crippen molar-refractivity contribution in [1.82, 2.24) is 14.9 Å². The van der Waals surface area contributed by atoms with Gasteiger partial charge in [-0.25, -0.2) is 4.98 Å². The van der Waals surface area contributed by atoms with Crippen molar-refractivity contribution in [2.75, 3.05) is 19.7 Å². The quantitative estimate of drug-likeness (QED) is 0.824. The van der Waals surface area contributed by atoms with Crippen molar-refractivity contribution in [3.63, 3.8) is 0 Å². The predicted molar refractivity (Wildman–Crippen MR) is 89.3 cm³/mol. The third kappa shape index (κ3) is 4.81. The minimum absolute atomic E-state index is 0.126. The minimum Gasteiger partial charge on any atom is -0.486 e. The number of hydrogen-bond acceptors (Lipinski definition) is 4. The largest absolute Gasteiger partial charge is 0.486 e. The Labute approximate surface area is 137 Å². The second-order valence-corrected chi connectivity index (χ2v) is 6.10. The third-order valence-electron chi connectivity index (χ3n) is 4.19. The summed E-state index contributed by atoms with van der Waals surface area (Å²) in [5.41, 5.74) is 2.23. The van der Waals surface area contributed by atoms with Crippen molar-refractivity contribution in [2.45, 2.75) is 38.8 Å². The highest BCUT2D eigenvalue weighted by Gasteiger charge is 2.10. The van der Waals surface area contributed by atoms with Crippen LogP contribution in [0.25, 0.3) is 0 Å². The molecule has 0 saturated carbocycles. The summed E-state index contributed by atoms with van der Waals surface area (Å²) < 4.78 is 5.84. The SMILES string of the molecule is OCCc1cnc(COc2cccc(CN3CCCCC3)c2)[nH]1. The summed E-state index contributed by atoms with van der Waals surface area (Å²) in [6.07, 6.45) is 6.33. The number of benzene rings is 1. The molecule has 23 heavy (non-hydrogen) atoms. The maximum atomic E-state index is 8.92. The van der Waals surface area contributed by atoms with Crippen LogP contribution in [0.1, 0.15) is 36.3 Å². The monoisotopic (exact) mass is 315 g/mol. The number of ether oxygens (including phenoxy) is 1. The molecule has 1 aliphatic heterocycles. The molecule has 5 heteroatoms. The van der Waals surface area contributed by atoms with Gasteiger partial charge in [-0.1, -0.05) is 18.6 Å². The van der Waals surface area contributed by atoms with E-state index in [1.807, 2.05) is 12.1 Å². The molecule has 2 aromatic rings. The highest BCUT2D eigenvalue weighted by molar-refractivity contribution is 5.28. The lowest BCUT2D eigenvalue weighted by atomic mass is 10.1. The van der Waals surface area contributed by atoms with E-state index in [4.69, 9.17) is 9.84 Å². The molecule has 0 spiro atoms. The van der Waals surface area contributed by atoms with Gasteiger partial charge in [-0.05, 0) is 43.6 Å². The Balaban J connectivity index is 1.54. The van der Waals surface area contributed by atoms with Crippen LogP contribution in [-0.2, 0) is 19.6 Å². The number of H-pyrrole nitrogens is 1. The molecule has 1 aromatic carbocycles. The Morgan fingerprint density at radius 3 is 2.91 bits per heavy atom. The lowest BCUT2D eigenvalue weighted by molar-refractivity contribution is 0.220. The van der Waals surface area contributed by atoms with Crippen LogP contribution in [0.2, 0.25) is 0 Å². The van der Waals surface area contributed by atoms with Crippen molar-refractivity contribution in [1.29, 1.82) is 0 Å². The molecule has 0 unspecified atom stereocenters. The van der Waals surface area contributed by atoms with Crippen LogP contribution < -0.4 is 4.74 Å². The molecule has 0 bridgehead atoms. The molecule has 5 nitrogen and oxygen atoms in total. The van der Waals surface area contributed by atoms with E-state index >= 15 is 0 Å².